The molecule has 1 aliphatic carbocycles. The molecular formula is C11H14F2N2O2. The predicted octanol–water partition coefficient (Wildman–Crippen LogP) is 1.61. The lowest BCUT2D eigenvalue weighted by atomic mass is 10.2. The number of carbonyl (C=O) groups is 1. The fourth-order valence-corrected chi connectivity index (χ4v) is 1.70. The Morgan fingerprint density at radius 3 is 2.76 bits per heavy atom. The van der Waals surface area contributed by atoms with E-state index in [0.717, 1.165) is 12.8 Å². The van der Waals surface area contributed by atoms with Crippen LogP contribution in [-0.2, 0) is 6.54 Å². The maximum Gasteiger partial charge on any atom is 0.257 e. The van der Waals surface area contributed by atoms with Crippen LogP contribution in [0.25, 0.3) is 0 Å². The lowest BCUT2D eigenvalue weighted by Crippen LogP contribution is -2.36. The third kappa shape index (κ3) is 2.82. The van der Waals surface area contributed by atoms with Crippen molar-refractivity contribution in [3.8, 4) is 0 Å². The average Bonchev–Trinajstić information content (AvgIpc) is 3.02. The van der Waals surface area contributed by atoms with Crippen LogP contribution in [0.3, 0.4) is 0 Å². The Morgan fingerprint density at radius 2 is 2.29 bits per heavy atom. The van der Waals surface area contributed by atoms with E-state index in [1.165, 1.54) is 17.2 Å². The summed E-state index contributed by atoms with van der Waals surface area (Å²) in [6, 6.07) is 1.45. The van der Waals surface area contributed by atoms with Gasteiger partial charge in [0.1, 0.15) is 12.0 Å². The summed E-state index contributed by atoms with van der Waals surface area (Å²) in [7, 11) is 0. The molecule has 2 rings (SSSR count). The SMILES string of the molecule is NCc1cc(C(=O)N(CC(F)F)C2CC2)co1. The van der Waals surface area contributed by atoms with Gasteiger partial charge in [0, 0.05) is 6.04 Å². The van der Waals surface area contributed by atoms with Gasteiger partial charge in [-0.25, -0.2) is 8.78 Å². The van der Waals surface area contributed by atoms with Crippen LogP contribution in [0.5, 0.6) is 0 Å². The van der Waals surface area contributed by atoms with Crippen LogP contribution in [-0.4, -0.2) is 29.8 Å². The van der Waals surface area contributed by atoms with Crippen molar-refractivity contribution < 1.29 is 18.0 Å². The highest BCUT2D eigenvalue weighted by atomic mass is 19.3. The van der Waals surface area contributed by atoms with Crippen molar-refractivity contribution in [2.24, 2.45) is 5.73 Å². The Labute approximate surface area is 97.4 Å². The molecule has 0 bridgehead atoms. The highest BCUT2D eigenvalue weighted by molar-refractivity contribution is 5.94. The molecule has 6 heteroatoms. The van der Waals surface area contributed by atoms with Crippen molar-refractivity contribution in [1.82, 2.24) is 4.90 Å². The first-order valence-corrected chi connectivity index (χ1v) is 5.48. The summed E-state index contributed by atoms with van der Waals surface area (Å²) < 4.78 is 29.8. The van der Waals surface area contributed by atoms with E-state index in [1.807, 2.05) is 0 Å². The summed E-state index contributed by atoms with van der Waals surface area (Å²) in [5.41, 5.74) is 5.64. The van der Waals surface area contributed by atoms with Crippen LogP contribution in [0.4, 0.5) is 8.78 Å². The van der Waals surface area contributed by atoms with Gasteiger partial charge in [-0.05, 0) is 18.9 Å². The summed E-state index contributed by atoms with van der Waals surface area (Å²) in [5, 5.41) is 0. The second-order valence-corrected chi connectivity index (χ2v) is 4.09. The largest absolute Gasteiger partial charge is 0.467 e. The van der Waals surface area contributed by atoms with Crippen LogP contribution in [0, 0.1) is 0 Å². The van der Waals surface area contributed by atoms with Gasteiger partial charge in [0.15, 0.2) is 0 Å². The molecule has 1 aliphatic rings. The zero-order valence-electron chi connectivity index (χ0n) is 9.23. The number of rotatable bonds is 5. The second-order valence-electron chi connectivity index (χ2n) is 4.09. The molecule has 1 aromatic rings. The molecule has 0 saturated heterocycles. The minimum absolute atomic E-state index is 0.0484. The van der Waals surface area contributed by atoms with Crippen LogP contribution in [0.1, 0.15) is 29.0 Å². The minimum Gasteiger partial charge on any atom is -0.467 e. The first kappa shape index (κ1) is 12.0. The molecule has 0 aliphatic heterocycles. The topological polar surface area (TPSA) is 59.5 Å². The molecule has 1 saturated carbocycles. The van der Waals surface area contributed by atoms with E-state index in [9.17, 15) is 13.6 Å². The normalized spacial score (nSPS) is 15.3. The highest BCUT2D eigenvalue weighted by Gasteiger charge is 2.35. The molecule has 1 aromatic heterocycles. The molecule has 0 radical (unpaired) electrons. The van der Waals surface area contributed by atoms with E-state index in [2.05, 4.69) is 0 Å². The lowest BCUT2D eigenvalue weighted by molar-refractivity contribution is 0.0533. The summed E-state index contributed by atoms with van der Waals surface area (Å²) in [5.74, 6) is 0.0670. The van der Waals surface area contributed by atoms with Gasteiger partial charge in [0.2, 0.25) is 0 Å². The van der Waals surface area contributed by atoms with Gasteiger partial charge in [-0.1, -0.05) is 0 Å². The molecule has 1 heterocycles. The Morgan fingerprint density at radius 1 is 1.59 bits per heavy atom. The number of carbonyl (C=O) groups excluding carboxylic acids is 1. The van der Waals surface area contributed by atoms with Crippen molar-refractivity contribution in [3.63, 3.8) is 0 Å². The van der Waals surface area contributed by atoms with Crippen molar-refractivity contribution in [2.45, 2.75) is 31.9 Å². The molecule has 0 unspecified atom stereocenters. The summed E-state index contributed by atoms with van der Waals surface area (Å²) in [6.45, 7) is -0.335. The first-order valence-electron chi connectivity index (χ1n) is 5.48. The van der Waals surface area contributed by atoms with E-state index >= 15 is 0 Å². The third-order valence-corrected chi connectivity index (χ3v) is 2.69. The predicted molar refractivity (Wildman–Crippen MR) is 56.7 cm³/mol. The molecule has 4 nitrogen and oxygen atoms in total. The van der Waals surface area contributed by atoms with Gasteiger partial charge >= 0.3 is 0 Å². The quantitative estimate of drug-likeness (QED) is 0.856. The Bertz CT molecular complexity index is 402. The molecule has 0 atom stereocenters. The number of nitrogens with two attached hydrogens (primary N) is 1. The highest BCUT2D eigenvalue weighted by Crippen LogP contribution is 2.29. The molecule has 17 heavy (non-hydrogen) atoms. The number of hydrogen-bond donors (Lipinski definition) is 1. The maximum atomic E-state index is 12.4. The van der Waals surface area contributed by atoms with E-state index in [1.54, 1.807) is 0 Å². The number of nitrogens with zero attached hydrogens (tertiary/aromatic N) is 1. The van der Waals surface area contributed by atoms with E-state index in [-0.39, 0.29) is 18.2 Å². The smallest absolute Gasteiger partial charge is 0.257 e. The minimum atomic E-state index is -2.51. The fraction of sp³-hybridized carbons (Fsp3) is 0.545. The number of halogens is 2. The number of alkyl halides is 2. The van der Waals surface area contributed by atoms with E-state index in [4.69, 9.17) is 10.2 Å². The van der Waals surface area contributed by atoms with Crippen LogP contribution < -0.4 is 5.73 Å². The summed E-state index contributed by atoms with van der Waals surface area (Å²) >= 11 is 0. The monoisotopic (exact) mass is 244 g/mol. The lowest BCUT2D eigenvalue weighted by Gasteiger charge is -2.20. The Balaban J connectivity index is 2.09. The Hall–Kier alpha value is -1.43. The third-order valence-electron chi connectivity index (χ3n) is 2.69. The maximum absolute atomic E-state index is 12.4. The molecule has 1 amide bonds. The molecule has 94 valence electrons. The molecule has 2 N–H and O–H groups in total. The average molecular weight is 244 g/mol. The van der Waals surface area contributed by atoms with Gasteiger partial charge in [-0.3, -0.25) is 4.79 Å². The van der Waals surface area contributed by atoms with Crippen molar-refractivity contribution >= 4 is 5.91 Å². The van der Waals surface area contributed by atoms with Gasteiger partial charge in [-0.2, -0.15) is 0 Å². The summed E-state index contributed by atoms with van der Waals surface area (Å²) in [6.07, 6.45) is 0.339. The second kappa shape index (κ2) is 4.83. The number of hydrogen-bond acceptors (Lipinski definition) is 3. The van der Waals surface area contributed by atoms with Crippen molar-refractivity contribution in [3.05, 3.63) is 23.7 Å². The van der Waals surface area contributed by atoms with Gasteiger partial charge in [0.25, 0.3) is 12.3 Å². The van der Waals surface area contributed by atoms with Crippen molar-refractivity contribution in [2.75, 3.05) is 6.54 Å². The first-order chi connectivity index (χ1) is 8.11. The van der Waals surface area contributed by atoms with E-state index < -0.39 is 18.9 Å². The zero-order chi connectivity index (χ0) is 12.4. The Kier molecular flexibility index (Phi) is 3.42. The molecular weight excluding hydrogens is 230 g/mol. The van der Waals surface area contributed by atoms with Crippen LogP contribution in [0.2, 0.25) is 0 Å². The molecule has 0 aromatic carbocycles. The fourth-order valence-electron chi connectivity index (χ4n) is 1.70. The molecule has 0 spiro atoms. The van der Waals surface area contributed by atoms with Gasteiger partial charge < -0.3 is 15.1 Å². The van der Waals surface area contributed by atoms with E-state index in [0.29, 0.717) is 5.76 Å². The van der Waals surface area contributed by atoms with Gasteiger partial charge in [-0.15, -0.1) is 0 Å². The number of amides is 1. The van der Waals surface area contributed by atoms with Crippen LogP contribution in [0.15, 0.2) is 16.7 Å². The van der Waals surface area contributed by atoms with Gasteiger partial charge in [0.05, 0.1) is 18.7 Å². The number of furan rings is 1. The summed E-state index contributed by atoms with van der Waals surface area (Å²) in [4.78, 5) is 13.2. The molecule has 1 fully saturated rings. The standard InChI is InChI=1S/C11H14F2N2O2/c12-10(13)5-15(8-1-2-8)11(16)7-3-9(4-14)17-6-7/h3,6,8,10H,1-2,4-5,14H2. The zero-order valence-corrected chi connectivity index (χ0v) is 9.23. The van der Waals surface area contributed by atoms with Crippen molar-refractivity contribution in [1.29, 1.82) is 0 Å². The van der Waals surface area contributed by atoms with Crippen LogP contribution >= 0.6 is 0 Å².